The minimum atomic E-state index is -3.45. The van der Waals surface area contributed by atoms with Crippen LogP contribution in [0.3, 0.4) is 0 Å². The van der Waals surface area contributed by atoms with Crippen LogP contribution in [-0.4, -0.2) is 15.5 Å². The summed E-state index contributed by atoms with van der Waals surface area (Å²) in [5.41, 5.74) is 2.91. The monoisotopic (exact) mass is 311 g/mol. The van der Waals surface area contributed by atoms with E-state index in [9.17, 15) is 8.42 Å². The van der Waals surface area contributed by atoms with Crippen molar-refractivity contribution in [2.45, 2.75) is 24.6 Å². The maximum absolute atomic E-state index is 12.1. The van der Waals surface area contributed by atoms with Gasteiger partial charge in [0.2, 0.25) is 10.0 Å². The molecule has 0 amide bonds. The lowest BCUT2D eigenvalue weighted by Gasteiger charge is -2.13. The lowest BCUT2D eigenvalue weighted by molar-refractivity contribution is 0.406. The molecule has 0 radical (unpaired) electrons. The van der Waals surface area contributed by atoms with E-state index < -0.39 is 10.0 Å². The fourth-order valence-corrected chi connectivity index (χ4v) is 4.17. The second-order valence-corrected chi connectivity index (χ2v) is 7.47. The summed E-state index contributed by atoms with van der Waals surface area (Å²) in [6.45, 7) is 4.14. The van der Waals surface area contributed by atoms with E-state index in [1.807, 2.05) is 26.0 Å². The Hall–Kier alpha value is -1.37. The van der Waals surface area contributed by atoms with Gasteiger partial charge in [-0.3, -0.25) is 0 Å². The molecule has 1 aromatic heterocycles. The molecule has 0 aliphatic rings. The molecule has 0 unspecified atom stereocenters. The first kappa shape index (κ1) is 15.0. The predicted molar refractivity (Wildman–Crippen MR) is 80.8 cm³/mol. The Bertz CT molecular complexity index is 691. The lowest BCUT2D eigenvalue weighted by atomic mass is 10.1. The molecular weight excluding hydrogens is 294 g/mol. The maximum atomic E-state index is 12.1. The number of aryl methyl sites for hydroxylation is 2. The second kappa shape index (κ2) is 5.95. The number of hydrogen-bond acceptors (Lipinski definition) is 4. The number of thiophene rings is 1. The van der Waals surface area contributed by atoms with E-state index in [1.165, 1.54) is 11.3 Å². The average Bonchev–Trinajstić information content (AvgIpc) is 2.90. The minimum absolute atomic E-state index is 0.214. The van der Waals surface area contributed by atoms with Gasteiger partial charge in [0.05, 0.1) is 7.11 Å². The SMILES string of the molecule is COc1c(C)cc(C)cc1CNS(=O)(=O)c1cccs1. The minimum Gasteiger partial charge on any atom is -0.496 e. The van der Waals surface area contributed by atoms with Crippen molar-refractivity contribution in [2.24, 2.45) is 0 Å². The Morgan fingerprint density at radius 2 is 2.05 bits per heavy atom. The quantitative estimate of drug-likeness (QED) is 0.924. The van der Waals surface area contributed by atoms with Gasteiger partial charge >= 0.3 is 0 Å². The molecule has 0 bridgehead atoms. The van der Waals surface area contributed by atoms with Crippen LogP contribution in [0.25, 0.3) is 0 Å². The van der Waals surface area contributed by atoms with Gasteiger partial charge < -0.3 is 4.74 Å². The molecule has 0 saturated heterocycles. The number of methoxy groups -OCH3 is 1. The second-order valence-electron chi connectivity index (χ2n) is 4.53. The van der Waals surface area contributed by atoms with Gasteiger partial charge in [-0.1, -0.05) is 23.8 Å². The fraction of sp³-hybridized carbons (Fsp3) is 0.286. The van der Waals surface area contributed by atoms with Crippen LogP contribution < -0.4 is 9.46 Å². The molecule has 0 atom stereocenters. The fourth-order valence-electron chi connectivity index (χ4n) is 2.13. The van der Waals surface area contributed by atoms with E-state index in [0.717, 1.165) is 22.4 Å². The Kier molecular flexibility index (Phi) is 4.47. The van der Waals surface area contributed by atoms with Crippen molar-refractivity contribution < 1.29 is 13.2 Å². The molecule has 1 aromatic carbocycles. The third kappa shape index (κ3) is 3.20. The van der Waals surface area contributed by atoms with Crippen LogP contribution in [0.1, 0.15) is 16.7 Å². The normalized spacial score (nSPS) is 11.6. The summed E-state index contributed by atoms with van der Waals surface area (Å²) in [6, 6.07) is 7.25. The van der Waals surface area contributed by atoms with Crippen molar-refractivity contribution in [3.63, 3.8) is 0 Å². The highest BCUT2D eigenvalue weighted by Crippen LogP contribution is 2.25. The number of ether oxygens (including phenoxy) is 1. The highest BCUT2D eigenvalue weighted by molar-refractivity contribution is 7.91. The van der Waals surface area contributed by atoms with E-state index in [-0.39, 0.29) is 6.54 Å². The van der Waals surface area contributed by atoms with Crippen molar-refractivity contribution in [1.29, 1.82) is 0 Å². The van der Waals surface area contributed by atoms with Crippen molar-refractivity contribution in [2.75, 3.05) is 7.11 Å². The van der Waals surface area contributed by atoms with Gasteiger partial charge in [0.1, 0.15) is 9.96 Å². The van der Waals surface area contributed by atoms with E-state index in [0.29, 0.717) is 4.21 Å². The zero-order valence-corrected chi connectivity index (χ0v) is 13.3. The number of nitrogens with one attached hydrogen (secondary N) is 1. The number of rotatable bonds is 5. The molecule has 2 rings (SSSR count). The van der Waals surface area contributed by atoms with Crippen molar-refractivity contribution in [3.8, 4) is 5.75 Å². The summed E-state index contributed by atoms with van der Waals surface area (Å²) in [4.78, 5) is 0. The van der Waals surface area contributed by atoms with Gasteiger partial charge in [0.25, 0.3) is 0 Å². The zero-order valence-electron chi connectivity index (χ0n) is 11.6. The first-order chi connectivity index (χ1) is 9.44. The first-order valence-electron chi connectivity index (χ1n) is 6.11. The van der Waals surface area contributed by atoms with Gasteiger partial charge in [0, 0.05) is 12.1 Å². The summed E-state index contributed by atoms with van der Waals surface area (Å²) in [5.74, 6) is 0.726. The average molecular weight is 311 g/mol. The van der Waals surface area contributed by atoms with Crippen LogP contribution in [0.4, 0.5) is 0 Å². The van der Waals surface area contributed by atoms with Crippen LogP contribution in [0, 0.1) is 13.8 Å². The van der Waals surface area contributed by atoms with Gasteiger partial charge in [0.15, 0.2) is 0 Å². The molecule has 6 heteroatoms. The van der Waals surface area contributed by atoms with Crippen molar-refractivity contribution in [1.82, 2.24) is 4.72 Å². The molecule has 1 N–H and O–H groups in total. The number of benzene rings is 1. The molecule has 0 spiro atoms. The third-order valence-electron chi connectivity index (χ3n) is 2.91. The topological polar surface area (TPSA) is 55.4 Å². The zero-order chi connectivity index (χ0) is 14.8. The summed E-state index contributed by atoms with van der Waals surface area (Å²) in [5, 5.41) is 1.74. The van der Waals surface area contributed by atoms with Crippen LogP contribution in [0.2, 0.25) is 0 Å². The molecule has 0 aliphatic heterocycles. The number of hydrogen-bond donors (Lipinski definition) is 1. The first-order valence-corrected chi connectivity index (χ1v) is 8.47. The van der Waals surface area contributed by atoms with Crippen molar-refractivity contribution >= 4 is 21.4 Å². The Morgan fingerprint density at radius 3 is 2.65 bits per heavy atom. The Morgan fingerprint density at radius 1 is 1.30 bits per heavy atom. The highest BCUT2D eigenvalue weighted by atomic mass is 32.2. The molecule has 0 fully saturated rings. The molecule has 0 saturated carbocycles. The Labute approximate surface area is 123 Å². The molecule has 1 heterocycles. The number of sulfonamides is 1. The molecule has 0 aliphatic carbocycles. The molecule has 4 nitrogen and oxygen atoms in total. The molecular formula is C14H17NO3S2. The van der Waals surface area contributed by atoms with Crippen LogP contribution in [0.15, 0.2) is 33.9 Å². The highest BCUT2D eigenvalue weighted by Gasteiger charge is 2.16. The molecule has 20 heavy (non-hydrogen) atoms. The van der Waals surface area contributed by atoms with Crippen molar-refractivity contribution in [3.05, 3.63) is 46.3 Å². The van der Waals surface area contributed by atoms with E-state index in [4.69, 9.17) is 4.74 Å². The predicted octanol–water partition coefficient (Wildman–Crippen LogP) is 2.85. The van der Waals surface area contributed by atoms with Crippen LogP contribution >= 0.6 is 11.3 Å². The smallest absolute Gasteiger partial charge is 0.250 e. The van der Waals surface area contributed by atoms with Gasteiger partial charge in [-0.05, 0) is 30.9 Å². The summed E-state index contributed by atoms with van der Waals surface area (Å²) < 4.78 is 32.5. The Balaban J connectivity index is 2.24. The standard InChI is InChI=1S/C14H17NO3S2/c1-10-7-11(2)14(18-3)12(8-10)9-15-20(16,17)13-5-4-6-19-13/h4-8,15H,9H2,1-3H3. The van der Waals surface area contributed by atoms with E-state index in [2.05, 4.69) is 4.72 Å². The summed E-state index contributed by atoms with van der Waals surface area (Å²) >= 11 is 1.20. The largest absolute Gasteiger partial charge is 0.496 e. The summed E-state index contributed by atoms with van der Waals surface area (Å²) in [7, 11) is -1.86. The van der Waals surface area contributed by atoms with Gasteiger partial charge in [-0.25, -0.2) is 13.1 Å². The van der Waals surface area contributed by atoms with E-state index >= 15 is 0 Å². The van der Waals surface area contributed by atoms with Crippen LogP contribution in [0.5, 0.6) is 5.75 Å². The third-order valence-corrected chi connectivity index (χ3v) is 5.71. The van der Waals surface area contributed by atoms with Gasteiger partial charge in [-0.2, -0.15) is 0 Å². The van der Waals surface area contributed by atoms with E-state index in [1.54, 1.807) is 24.6 Å². The maximum Gasteiger partial charge on any atom is 0.250 e. The molecule has 2 aromatic rings. The van der Waals surface area contributed by atoms with Crippen LogP contribution in [-0.2, 0) is 16.6 Å². The van der Waals surface area contributed by atoms with Gasteiger partial charge in [-0.15, -0.1) is 11.3 Å². The molecule has 108 valence electrons. The summed E-state index contributed by atoms with van der Waals surface area (Å²) in [6.07, 6.45) is 0. The lowest BCUT2D eigenvalue weighted by Crippen LogP contribution is -2.22.